The first-order chi connectivity index (χ1) is 15.6. The van der Waals surface area contributed by atoms with Crippen molar-refractivity contribution >= 4 is 5.78 Å². The van der Waals surface area contributed by atoms with E-state index in [1.807, 2.05) is 48.5 Å². The summed E-state index contributed by atoms with van der Waals surface area (Å²) in [6, 6.07) is 15.2. The van der Waals surface area contributed by atoms with Crippen LogP contribution in [0.5, 0.6) is 11.5 Å². The van der Waals surface area contributed by atoms with Gasteiger partial charge in [-0.05, 0) is 48.2 Å². The van der Waals surface area contributed by atoms with Crippen molar-refractivity contribution in [1.29, 1.82) is 0 Å². The fourth-order valence-electron chi connectivity index (χ4n) is 3.28. The summed E-state index contributed by atoms with van der Waals surface area (Å²) in [5.74, 6) is 13.4. The Hall–Kier alpha value is -3.17. The second-order valence-electron chi connectivity index (χ2n) is 7.66. The van der Waals surface area contributed by atoms with E-state index >= 15 is 0 Å². The Balaban J connectivity index is 2.44. The number of carbonyl (C=O) groups is 1. The van der Waals surface area contributed by atoms with Crippen LogP contribution >= 0.6 is 0 Å². The molecule has 0 aliphatic carbocycles. The lowest BCUT2D eigenvalue weighted by molar-refractivity contribution is -0.119. The molecule has 0 saturated heterocycles. The number of carbonyl (C=O) groups excluding carboxylic acids is 1. The highest BCUT2D eigenvalue weighted by molar-refractivity contribution is 5.96. The van der Waals surface area contributed by atoms with Crippen LogP contribution in [-0.4, -0.2) is 20.0 Å². The minimum atomic E-state index is -0.537. The summed E-state index contributed by atoms with van der Waals surface area (Å²) >= 11 is 0. The fourth-order valence-corrected chi connectivity index (χ4v) is 3.28. The predicted octanol–water partition coefficient (Wildman–Crippen LogP) is 6.53. The van der Waals surface area contributed by atoms with Crippen molar-refractivity contribution in [3.63, 3.8) is 0 Å². The summed E-state index contributed by atoms with van der Waals surface area (Å²) in [4.78, 5) is 13.8. The monoisotopic (exact) mass is 430 g/mol. The standard InChI is InChI=1S/C29H34O3/c1-5-7-9-11-13-27(23-15-19-25(31-3)20-16-23)29(30)28(14-12-10-8-6-2)24-17-21-26(32-4)22-18-24/h15-22,27-28H,5-10H2,1-4H3. The molecule has 3 heteroatoms. The SMILES string of the molecule is CCCCC#CC(C(=O)C(C#CCCCC)c1ccc(OC)cc1)c1ccc(OC)cc1. The molecule has 2 rings (SSSR count). The van der Waals surface area contributed by atoms with Gasteiger partial charge in [-0.1, -0.05) is 62.8 Å². The Morgan fingerprint density at radius 1 is 0.719 bits per heavy atom. The van der Waals surface area contributed by atoms with Gasteiger partial charge in [0.2, 0.25) is 0 Å². The number of methoxy groups -OCH3 is 2. The van der Waals surface area contributed by atoms with Gasteiger partial charge < -0.3 is 9.47 Å². The molecular formula is C29H34O3. The van der Waals surface area contributed by atoms with E-state index in [4.69, 9.17) is 9.47 Å². The summed E-state index contributed by atoms with van der Waals surface area (Å²) in [7, 11) is 3.27. The maximum Gasteiger partial charge on any atom is 0.171 e. The highest BCUT2D eigenvalue weighted by Crippen LogP contribution is 2.28. The third-order valence-electron chi connectivity index (χ3n) is 5.27. The van der Waals surface area contributed by atoms with Crippen LogP contribution in [0.15, 0.2) is 48.5 Å². The molecule has 32 heavy (non-hydrogen) atoms. The van der Waals surface area contributed by atoms with E-state index in [0.29, 0.717) is 0 Å². The molecule has 0 N–H and O–H groups in total. The minimum absolute atomic E-state index is 0.00771. The Labute approximate surface area is 193 Å². The Kier molecular flexibility index (Phi) is 11.0. The van der Waals surface area contributed by atoms with Crippen molar-refractivity contribution in [2.75, 3.05) is 14.2 Å². The van der Waals surface area contributed by atoms with Crippen molar-refractivity contribution in [2.24, 2.45) is 0 Å². The normalized spacial score (nSPS) is 11.9. The molecule has 2 atom stereocenters. The first kappa shape index (κ1) is 25.1. The van der Waals surface area contributed by atoms with Crippen LogP contribution in [0.4, 0.5) is 0 Å². The highest BCUT2D eigenvalue weighted by Gasteiger charge is 2.27. The van der Waals surface area contributed by atoms with Crippen LogP contribution in [0.1, 0.15) is 75.3 Å². The van der Waals surface area contributed by atoms with Crippen molar-refractivity contribution in [3.8, 4) is 35.2 Å². The zero-order chi connectivity index (χ0) is 23.2. The largest absolute Gasteiger partial charge is 0.497 e. The summed E-state index contributed by atoms with van der Waals surface area (Å²) in [5, 5.41) is 0. The van der Waals surface area contributed by atoms with Crippen molar-refractivity contribution < 1.29 is 14.3 Å². The van der Waals surface area contributed by atoms with Crippen LogP contribution in [0, 0.1) is 23.7 Å². The summed E-state index contributed by atoms with van der Waals surface area (Å²) in [6.45, 7) is 4.28. The van der Waals surface area contributed by atoms with Crippen LogP contribution in [-0.2, 0) is 4.79 Å². The molecule has 0 aromatic heterocycles. The van der Waals surface area contributed by atoms with E-state index in [9.17, 15) is 4.79 Å². The van der Waals surface area contributed by atoms with Gasteiger partial charge in [0.1, 0.15) is 23.3 Å². The first-order valence-electron chi connectivity index (χ1n) is 11.4. The van der Waals surface area contributed by atoms with Gasteiger partial charge in [-0.2, -0.15) is 0 Å². The molecule has 0 saturated carbocycles. The first-order valence-corrected chi connectivity index (χ1v) is 11.4. The Morgan fingerprint density at radius 3 is 1.41 bits per heavy atom. The lowest BCUT2D eigenvalue weighted by Gasteiger charge is -2.17. The van der Waals surface area contributed by atoms with E-state index in [1.165, 1.54) is 0 Å². The van der Waals surface area contributed by atoms with Gasteiger partial charge in [0.15, 0.2) is 5.78 Å². The maximum absolute atomic E-state index is 13.8. The number of benzene rings is 2. The average Bonchev–Trinajstić information content (AvgIpc) is 2.84. The van der Waals surface area contributed by atoms with Crippen LogP contribution in [0.25, 0.3) is 0 Å². The molecule has 2 unspecified atom stereocenters. The number of rotatable bonds is 10. The van der Waals surface area contributed by atoms with Gasteiger partial charge >= 0.3 is 0 Å². The molecule has 3 nitrogen and oxygen atoms in total. The third kappa shape index (κ3) is 7.51. The molecule has 0 amide bonds. The van der Waals surface area contributed by atoms with Gasteiger partial charge in [0.25, 0.3) is 0 Å². The average molecular weight is 431 g/mol. The van der Waals surface area contributed by atoms with Gasteiger partial charge in [0.05, 0.1) is 14.2 Å². The van der Waals surface area contributed by atoms with E-state index in [2.05, 4.69) is 37.5 Å². The van der Waals surface area contributed by atoms with E-state index in [1.54, 1.807) is 14.2 Å². The quantitative estimate of drug-likeness (QED) is 0.318. The lowest BCUT2D eigenvalue weighted by atomic mass is 9.84. The molecular weight excluding hydrogens is 396 g/mol. The number of Topliss-reactive ketones (excluding diaryl/α,β-unsaturated/α-hetero) is 1. The molecule has 0 bridgehead atoms. The summed E-state index contributed by atoms with van der Waals surface area (Å²) in [6.07, 6.45) is 5.77. The van der Waals surface area contributed by atoms with Gasteiger partial charge in [-0.15, -0.1) is 11.8 Å². The molecule has 0 heterocycles. The number of hydrogen-bond donors (Lipinski definition) is 0. The molecule has 0 spiro atoms. The topological polar surface area (TPSA) is 35.5 Å². The maximum atomic E-state index is 13.8. The highest BCUT2D eigenvalue weighted by atomic mass is 16.5. The van der Waals surface area contributed by atoms with Crippen molar-refractivity contribution in [3.05, 3.63) is 59.7 Å². The predicted molar refractivity (Wildman–Crippen MR) is 131 cm³/mol. The second kappa shape index (κ2) is 14.0. The molecule has 168 valence electrons. The number of hydrogen-bond acceptors (Lipinski definition) is 3. The fraction of sp³-hybridized carbons (Fsp3) is 0.414. The molecule has 0 aliphatic rings. The Bertz CT molecular complexity index is 870. The molecule has 0 radical (unpaired) electrons. The van der Waals surface area contributed by atoms with Crippen molar-refractivity contribution in [2.45, 2.75) is 64.2 Å². The lowest BCUT2D eigenvalue weighted by Crippen LogP contribution is -2.19. The number of ether oxygens (including phenoxy) is 2. The zero-order valence-electron chi connectivity index (χ0n) is 19.7. The minimum Gasteiger partial charge on any atom is -0.497 e. The zero-order valence-corrected chi connectivity index (χ0v) is 19.7. The smallest absolute Gasteiger partial charge is 0.171 e. The molecule has 0 aliphatic heterocycles. The van der Waals surface area contributed by atoms with Crippen LogP contribution in [0.2, 0.25) is 0 Å². The Morgan fingerprint density at radius 2 is 1.09 bits per heavy atom. The molecule has 2 aromatic carbocycles. The number of ketones is 1. The second-order valence-corrected chi connectivity index (χ2v) is 7.66. The van der Waals surface area contributed by atoms with E-state index in [-0.39, 0.29) is 5.78 Å². The van der Waals surface area contributed by atoms with Gasteiger partial charge in [-0.25, -0.2) is 0 Å². The van der Waals surface area contributed by atoms with Crippen LogP contribution < -0.4 is 9.47 Å². The molecule has 0 fully saturated rings. The van der Waals surface area contributed by atoms with Crippen LogP contribution in [0.3, 0.4) is 0 Å². The van der Waals surface area contributed by atoms with Gasteiger partial charge in [-0.3, -0.25) is 4.79 Å². The summed E-state index contributed by atoms with van der Waals surface area (Å²) in [5.41, 5.74) is 1.74. The van der Waals surface area contributed by atoms with Gasteiger partial charge in [0, 0.05) is 12.8 Å². The van der Waals surface area contributed by atoms with Crippen molar-refractivity contribution in [1.82, 2.24) is 0 Å². The van der Waals surface area contributed by atoms with E-state index in [0.717, 1.165) is 61.2 Å². The summed E-state index contributed by atoms with van der Waals surface area (Å²) < 4.78 is 10.6. The molecule has 2 aromatic rings. The number of unbranched alkanes of at least 4 members (excludes halogenated alkanes) is 4. The third-order valence-corrected chi connectivity index (χ3v) is 5.27. The van der Waals surface area contributed by atoms with E-state index < -0.39 is 11.8 Å².